The van der Waals surface area contributed by atoms with Gasteiger partial charge in [-0.3, -0.25) is 14.6 Å². The summed E-state index contributed by atoms with van der Waals surface area (Å²) >= 11 is 0. The van der Waals surface area contributed by atoms with Crippen LogP contribution in [-0.4, -0.2) is 75.2 Å². The van der Waals surface area contributed by atoms with Crippen molar-refractivity contribution in [2.75, 3.05) is 13.1 Å². The van der Waals surface area contributed by atoms with Gasteiger partial charge in [-0.05, 0) is 133 Å². The lowest BCUT2D eigenvalue weighted by atomic mass is 9.79. The molecule has 292 valence electrons. The summed E-state index contributed by atoms with van der Waals surface area (Å²) in [4.78, 5) is 51.4. The number of amides is 2. The first-order valence-electron chi connectivity index (χ1n) is 19.5. The van der Waals surface area contributed by atoms with E-state index in [1.54, 1.807) is 25.7 Å². The molecule has 2 aliphatic heterocycles. The molecule has 2 aromatic carbocycles. The molecule has 4 aliphatic rings. The van der Waals surface area contributed by atoms with E-state index in [1.165, 1.54) is 40.0 Å². The number of aliphatic carboxylic acids is 1. The van der Waals surface area contributed by atoms with Gasteiger partial charge in [0.05, 0.1) is 6.04 Å². The zero-order valence-corrected chi connectivity index (χ0v) is 33.2. The highest BCUT2D eigenvalue weighted by atomic mass is 16.6. The molecule has 2 aromatic rings. The fourth-order valence-electron chi connectivity index (χ4n) is 7.91. The summed E-state index contributed by atoms with van der Waals surface area (Å²) in [7, 11) is 0. The van der Waals surface area contributed by atoms with Crippen molar-refractivity contribution in [3.05, 3.63) is 70.8 Å². The van der Waals surface area contributed by atoms with Crippen LogP contribution < -0.4 is 5.73 Å². The normalized spacial score (nSPS) is 25.1. The van der Waals surface area contributed by atoms with Gasteiger partial charge in [-0.2, -0.15) is 0 Å². The third-order valence-corrected chi connectivity index (χ3v) is 10.3. The molecule has 0 unspecified atom stereocenters. The Morgan fingerprint density at radius 2 is 1.17 bits per heavy atom. The Kier molecular flexibility index (Phi) is 14.2. The van der Waals surface area contributed by atoms with Crippen molar-refractivity contribution >= 4 is 23.9 Å². The lowest BCUT2D eigenvalue weighted by Crippen LogP contribution is -2.43. The summed E-state index contributed by atoms with van der Waals surface area (Å²) in [6.07, 6.45) is 7.76. The molecule has 0 saturated carbocycles. The van der Waals surface area contributed by atoms with Gasteiger partial charge >= 0.3 is 18.2 Å². The average Bonchev–Trinajstić information content (AvgIpc) is 3.67. The number of carbonyl (C=O) groups is 4. The molecule has 2 fully saturated rings. The first-order chi connectivity index (χ1) is 24.8. The highest BCUT2D eigenvalue weighted by molar-refractivity contribution is 5.88. The van der Waals surface area contributed by atoms with E-state index in [-0.39, 0.29) is 29.8 Å². The number of ketones is 1. The van der Waals surface area contributed by atoms with Gasteiger partial charge in [0.25, 0.3) is 0 Å². The number of nitrogens with two attached hydrogens (primary N) is 1. The van der Waals surface area contributed by atoms with Crippen molar-refractivity contribution in [2.45, 2.75) is 148 Å². The Morgan fingerprint density at radius 3 is 1.68 bits per heavy atom. The summed E-state index contributed by atoms with van der Waals surface area (Å²) in [5.41, 5.74) is 10.3. The van der Waals surface area contributed by atoms with Crippen molar-refractivity contribution in [1.29, 1.82) is 0 Å². The number of Topliss-reactive ketones (excluding diaryl/α,β-unsaturated/α-hetero) is 1. The van der Waals surface area contributed by atoms with E-state index in [0.29, 0.717) is 37.9 Å². The summed E-state index contributed by atoms with van der Waals surface area (Å²) in [5, 5.41) is 9.00. The minimum atomic E-state index is -0.963. The molecule has 53 heavy (non-hydrogen) atoms. The lowest BCUT2D eigenvalue weighted by molar-refractivity contribution is -0.142. The Hall–Kier alpha value is -3.92. The van der Waals surface area contributed by atoms with Gasteiger partial charge in [-0.25, -0.2) is 14.4 Å². The third kappa shape index (κ3) is 12.0. The van der Waals surface area contributed by atoms with Crippen LogP contribution in [0.1, 0.15) is 135 Å². The number of carbonyl (C=O) groups excluding carboxylic acids is 3. The first-order valence-corrected chi connectivity index (χ1v) is 19.5. The Balaban J connectivity index is 0.000000197. The lowest BCUT2D eigenvalue weighted by Gasteiger charge is -2.30. The molecule has 2 aliphatic carbocycles. The average molecular weight is 734 g/mol. The second-order valence-electron chi connectivity index (χ2n) is 17.5. The third-order valence-electron chi connectivity index (χ3n) is 10.3. The van der Waals surface area contributed by atoms with E-state index in [4.69, 9.17) is 20.3 Å². The van der Waals surface area contributed by atoms with E-state index in [1.807, 2.05) is 27.7 Å². The molecule has 0 spiro atoms. The smallest absolute Gasteiger partial charge is 0.411 e. The number of hydrogen-bond acceptors (Lipinski definition) is 7. The van der Waals surface area contributed by atoms with E-state index in [0.717, 1.165) is 32.1 Å². The number of hydrogen-bond donors (Lipinski definition) is 2. The largest absolute Gasteiger partial charge is 0.480 e. The van der Waals surface area contributed by atoms with Gasteiger partial charge in [0, 0.05) is 25.6 Å². The second kappa shape index (κ2) is 17.9. The quantitative estimate of drug-likeness (QED) is 0.319. The Morgan fingerprint density at radius 1 is 0.717 bits per heavy atom. The monoisotopic (exact) mass is 733 g/mol. The minimum absolute atomic E-state index is 0.182. The van der Waals surface area contributed by atoms with Crippen molar-refractivity contribution in [1.82, 2.24) is 9.80 Å². The number of benzene rings is 2. The zero-order valence-electron chi connectivity index (χ0n) is 33.2. The van der Waals surface area contributed by atoms with Crippen LogP contribution in [0, 0.1) is 11.8 Å². The Labute approximate surface area is 316 Å². The SMILES string of the molecule is C[C@H]1C[C@@H](C(=O)C[C@@H]2CCCc3ccccc32)N(C(=O)OC(C)(C)C)C1.C[C@H]1C[C@@H](C(=O)O)N(C(=O)OC(C)(C)C)C1.N[C@@H]1CCCc2ccccc21. The van der Waals surface area contributed by atoms with Crippen LogP contribution in [0.4, 0.5) is 9.59 Å². The molecule has 2 heterocycles. The number of ether oxygens (including phenoxy) is 2. The summed E-state index contributed by atoms with van der Waals surface area (Å²) in [6.45, 7) is 16.0. The fraction of sp³-hybridized carbons (Fsp3) is 0.628. The van der Waals surface area contributed by atoms with Gasteiger partial charge in [-0.1, -0.05) is 62.4 Å². The van der Waals surface area contributed by atoms with Crippen LogP contribution in [0.3, 0.4) is 0 Å². The van der Waals surface area contributed by atoms with Crippen LogP contribution >= 0.6 is 0 Å². The van der Waals surface area contributed by atoms with Gasteiger partial charge < -0.3 is 20.3 Å². The molecule has 10 heteroatoms. The zero-order chi connectivity index (χ0) is 39.1. The maximum Gasteiger partial charge on any atom is 0.411 e. The number of nitrogens with zero attached hydrogens (tertiary/aromatic N) is 2. The number of aryl methyl sites for hydroxylation is 2. The molecule has 6 atom stereocenters. The number of likely N-dealkylation sites (tertiary alicyclic amines) is 2. The van der Waals surface area contributed by atoms with Crippen LogP contribution in [-0.2, 0) is 31.9 Å². The highest BCUT2D eigenvalue weighted by Crippen LogP contribution is 2.36. The molecule has 0 aromatic heterocycles. The predicted octanol–water partition coefficient (Wildman–Crippen LogP) is 8.45. The minimum Gasteiger partial charge on any atom is -0.480 e. The molecule has 6 rings (SSSR count). The van der Waals surface area contributed by atoms with E-state index >= 15 is 0 Å². The molecular formula is C43H63N3O7. The molecule has 10 nitrogen and oxygen atoms in total. The second-order valence-corrected chi connectivity index (χ2v) is 17.5. The van der Waals surface area contributed by atoms with Gasteiger partial charge in [0.1, 0.15) is 17.2 Å². The number of rotatable bonds is 4. The molecule has 3 N–H and O–H groups in total. The van der Waals surface area contributed by atoms with Crippen molar-refractivity contribution in [2.24, 2.45) is 17.6 Å². The highest BCUT2D eigenvalue weighted by Gasteiger charge is 2.41. The van der Waals surface area contributed by atoms with Crippen molar-refractivity contribution < 1.29 is 33.8 Å². The number of fused-ring (bicyclic) bond motifs is 2. The van der Waals surface area contributed by atoms with Gasteiger partial charge in [0.2, 0.25) is 0 Å². The van der Waals surface area contributed by atoms with Crippen molar-refractivity contribution in [3.63, 3.8) is 0 Å². The van der Waals surface area contributed by atoms with Crippen LogP contribution in [0.15, 0.2) is 48.5 Å². The molecule has 0 radical (unpaired) electrons. The maximum absolute atomic E-state index is 13.1. The van der Waals surface area contributed by atoms with Gasteiger partial charge in [-0.15, -0.1) is 0 Å². The Bertz CT molecular complexity index is 1580. The number of carboxylic acid groups (broad SMARTS) is 1. The topological polar surface area (TPSA) is 139 Å². The molecule has 2 amide bonds. The van der Waals surface area contributed by atoms with Crippen LogP contribution in [0.2, 0.25) is 0 Å². The first kappa shape index (κ1) is 41.8. The fourth-order valence-corrected chi connectivity index (χ4v) is 7.91. The molecular weight excluding hydrogens is 670 g/mol. The number of carboxylic acids is 1. The van der Waals surface area contributed by atoms with Gasteiger partial charge in [0.15, 0.2) is 5.78 Å². The summed E-state index contributed by atoms with van der Waals surface area (Å²) < 4.78 is 10.7. The van der Waals surface area contributed by atoms with Crippen molar-refractivity contribution in [3.8, 4) is 0 Å². The summed E-state index contributed by atoms with van der Waals surface area (Å²) in [5.74, 6) is 0.0321. The predicted molar refractivity (Wildman–Crippen MR) is 207 cm³/mol. The summed E-state index contributed by atoms with van der Waals surface area (Å²) in [6, 6.07) is 16.2. The molecule has 2 saturated heterocycles. The van der Waals surface area contributed by atoms with Crippen LogP contribution in [0.25, 0.3) is 0 Å². The molecule has 0 bridgehead atoms. The van der Waals surface area contributed by atoms with E-state index < -0.39 is 29.3 Å². The maximum atomic E-state index is 13.1. The van der Waals surface area contributed by atoms with E-state index in [9.17, 15) is 19.2 Å². The van der Waals surface area contributed by atoms with E-state index in [2.05, 4.69) is 55.5 Å². The standard InChI is InChI=1S/C22H31NO3.C11H19NO4.C10H13N/c1-15-12-19(23(14-15)21(25)26-22(2,3)4)20(24)13-17-10-7-9-16-8-5-6-11-18(16)17;1-7-5-8(9(13)14)12(6-7)10(15)16-11(2,3)4;11-10-7-3-5-8-4-1-2-6-9(8)10/h5-6,8,11,15,17,19H,7,9-10,12-14H2,1-4H3;7-8H,5-6H2,1-4H3,(H,13,14);1-2,4,6,10H,3,5,7,11H2/t15-,17-,19-;7-,8-;10-/m001/s1. The van der Waals surface area contributed by atoms with Crippen LogP contribution in [0.5, 0.6) is 0 Å².